The average molecular weight is 323 g/mol. The molecular formula is C15H15ClN2S2. The molecule has 3 rings (SSSR count). The minimum Gasteiger partial charge on any atom is -0.341 e. The van der Waals surface area contributed by atoms with Gasteiger partial charge in [-0.15, -0.1) is 11.3 Å². The summed E-state index contributed by atoms with van der Waals surface area (Å²) in [4.78, 5) is 3.62. The number of halogens is 1. The van der Waals surface area contributed by atoms with Crippen molar-refractivity contribution in [1.29, 1.82) is 0 Å². The van der Waals surface area contributed by atoms with Crippen molar-refractivity contribution >= 4 is 46.0 Å². The van der Waals surface area contributed by atoms with Crippen LogP contribution in [0.5, 0.6) is 0 Å². The maximum absolute atomic E-state index is 6.00. The van der Waals surface area contributed by atoms with Crippen LogP contribution in [0.2, 0.25) is 5.02 Å². The second kappa shape index (κ2) is 6.12. The first-order chi connectivity index (χ1) is 9.72. The van der Waals surface area contributed by atoms with Crippen LogP contribution < -0.4 is 5.32 Å². The molecule has 0 atom stereocenters. The van der Waals surface area contributed by atoms with Crippen molar-refractivity contribution in [2.24, 2.45) is 0 Å². The first kappa shape index (κ1) is 13.9. The summed E-state index contributed by atoms with van der Waals surface area (Å²) in [5, 5.41) is 6.90. The molecule has 1 N–H and O–H groups in total. The highest BCUT2D eigenvalue weighted by Gasteiger charge is 2.31. The molecule has 1 fully saturated rings. The molecular weight excluding hydrogens is 308 g/mol. The summed E-state index contributed by atoms with van der Waals surface area (Å²) in [7, 11) is 0. The van der Waals surface area contributed by atoms with E-state index in [1.807, 2.05) is 24.3 Å². The number of thiocarbonyl (C=S) groups is 1. The van der Waals surface area contributed by atoms with Crippen LogP contribution in [-0.2, 0) is 6.54 Å². The number of hydrogen-bond donors (Lipinski definition) is 1. The molecule has 1 saturated carbocycles. The van der Waals surface area contributed by atoms with Crippen LogP contribution in [0.3, 0.4) is 0 Å². The molecule has 5 heteroatoms. The zero-order valence-electron chi connectivity index (χ0n) is 10.9. The zero-order chi connectivity index (χ0) is 13.9. The van der Waals surface area contributed by atoms with Crippen LogP contribution in [0, 0.1) is 0 Å². The zero-order valence-corrected chi connectivity index (χ0v) is 13.3. The fourth-order valence-corrected chi connectivity index (χ4v) is 3.31. The molecule has 0 spiro atoms. The molecule has 0 amide bonds. The third-order valence-corrected chi connectivity index (χ3v) is 4.66. The van der Waals surface area contributed by atoms with Crippen LogP contribution >= 0.6 is 35.2 Å². The second-order valence-corrected chi connectivity index (χ2v) is 6.73. The Labute approximate surface area is 133 Å². The van der Waals surface area contributed by atoms with Gasteiger partial charge < -0.3 is 10.2 Å². The van der Waals surface area contributed by atoms with Gasteiger partial charge in [0, 0.05) is 21.6 Å². The molecule has 0 saturated heterocycles. The standard InChI is InChI=1S/C15H15ClN2S2/c16-11-3-1-4-12(9-11)17-15(19)18(13-6-7-13)10-14-5-2-8-20-14/h1-5,8-9,13H,6-7,10H2,(H,17,19). The van der Waals surface area contributed by atoms with Crippen molar-refractivity contribution in [1.82, 2.24) is 4.90 Å². The topological polar surface area (TPSA) is 15.3 Å². The summed E-state index contributed by atoms with van der Waals surface area (Å²) in [5.41, 5.74) is 0.944. The quantitative estimate of drug-likeness (QED) is 0.817. The van der Waals surface area contributed by atoms with Gasteiger partial charge in [-0.1, -0.05) is 23.7 Å². The Kier molecular flexibility index (Phi) is 4.24. The lowest BCUT2D eigenvalue weighted by Gasteiger charge is -2.25. The largest absolute Gasteiger partial charge is 0.341 e. The normalized spacial score (nSPS) is 14.1. The van der Waals surface area contributed by atoms with Crippen molar-refractivity contribution in [2.75, 3.05) is 5.32 Å². The lowest BCUT2D eigenvalue weighted by atomic mass is 10.3. The lowest BCUT2D eigenvalue weighted by molar-refractivity contribution is 0.413. The fourth-order valence-electron chi connectivity index (χ4n) is 2.08. The van der Waals surface area contributed by atoms with E-state index in [0.717, 1.165) is 17.3 Å². The number of nitrogens with one attached hydrogen (secondary N) is 1. The number of nitrogens with zero attached hydrogens (tertiary/aromatic N) is 1. The third kappa shape index (κ3) is 3.51. The molecule has 0 radical (unpaired) electrons. The predicted octanol–water partition coefficient (Wildman–Crippen LogP) is 4.76. The Bertz CT molecular complexity index is 594. The monoisotopic (exact) mass is 322 g/mol. The van der Waals surface area contributed by atoms with E-state index in [0.29, 0.717) is 11.1 Å². The SMILES string of the molecule is S=C(Nc1cccc(Cl)c1)N(Cc1cccs1)C1CC1. The number of rotatable bonds is 4. The van der Waals surface area contributed by atoms with Crippen molar-refractivity contribution in [3.8, 4) is 0 Å². The summed E-state index contributed by atoms with van der Waals surface area (Å²) in [6.45, 7) is 0.884. The number of thiophene rings is 1. The van der Waals surface area contributed by atoms with Crippen LogP contribution in [-0.4, -0.2) is 16.1 Å². The summed E-state index contributed by atoms with van der Waals surface area (Å²) < 4.78 is 0. The second-order valence-electron chi connectivity index (χ2n) is 4.88. The molecule has 0 unspecified atom stereocenters. The third-order valence-electron chi connectivity index (χ3n) is 3.23. The fraction of sp³-hybridized carbons (Fsp3) is 0.267. The van der Waals surface area contributed by atoms with Gasteiger partial charge in [0.05, 0.1) is 6.54 Å². The van der Waals surface area contributed by atoms with Gasteiger partial charge >= 0.3 is 0 Å². The van der Waals surface area contributed by atoms with E-state index < -0.39 is 0 Å². The van der Waals surface area contributed by atoms with Crippen molar-refractivity contribution in [2.45, 2.75) is 25.4 Å². The maximum atomic E-state index is 6.00. The van der Waals surface area contributed by atoms with E-state index in [1.165, 1.54) is 17.7 Å². The van der Waals surface area contributed by atoms with Gasteiger partial charge in [-0.05, 0) is 54.7 Å². The van der Waals surface area contributed by atoms with Crippen LogP contribution in [0.25, 0.3) is 0 Å². The number of anilines is 1. The summed E-state index contributed by atoms with van der Waals surface area (Å²) >= 11 is 13.3. The molecule has 2 nitrogen and oxygen atoms in total. The summed E-state index contributed by atoms with van der Waals surface area (Å²) in [5.74, 6) is 0. The number of hydrogen-bond acceptors (Lipinski definition) is 2. The Morgan fingerprint density at radius 3 is 2.85 bits per heavy atom. The molecule has 1 aromatic heterocycles. The van der Waals surface area contributed by atoms with Crippen molar-refractivity contribution in [3.63, 3.8) is 0 Å². The van der Waals surface area contributed by atoms with E-state index in [-0.39, 0.29) is 0 Å². The van der Waals surface area contributed by atoms with Gasteiger partial charge in [0.2, 0.25) is 0 Å². The Morgan fingerprint density at radius 1 is 1.35 bits per heavy atom. The maximum Gasteiger partial charge on any atom is 0.174 e. The van der Waals surface area contributed by atoms with E-state index in [2.05, 4.69) is 27.7 Å². The molecule has 104 valence electrons. The number of benzene rings is 1. The Balaban J connectivity index is 1.69. The first-order valence-corrected chi connectivity index (χ1v) is 8.24. The molecule has 20 heavy (non-hydrogen) atoms. The van der Waals surface area contributed by atoms with E-state index in [4.69, 9.17) is 23.8 Å². The van der Waals surface area contributed by atoms with Gasteiger partial charge in [-0.3, -0.25) is 0 Å². The molecule has 1 aromatic carbocycles. The highest BCUT2D eigenvalue weighted by atomic mass is 35.5. The van der Waals surface area contributed by atoms with Gasteiger partial charge in [-0.25, -0.2) is 0 Å². The summed E-state index contributed by atoms with van der Waals surface area (Å²) in [6, 6.07) is 12.5. The summed E-state index contributed by atoms with van der Waals surface area (Å²) in [6.07, 6.45) is 2.45. The van der Waals surface area contributed by atoms with E-state index in [1.54, 1.807) is 11.3 Å². The van der Waals surface area contributed by atoms with Crippen LogP contribution in [0.1, 0.15) is 17.7 Å². The van der Waals surface area contributed by atoms with Crippen LogP contribution in [0.4, 0.5) is 5.69 Å². The van der Waals surface area contributed by atoms with Crippen LogP contribution in [0.15, 0.2) is 41.8 Å². The molecule has 2 aromatic rings. The van der Waals surface area contributed by atoms with Gasteiger partial charge in [-0.2, -0.15) is 0 Å². The van der Waals surface area contributed by atoms with E-state index >= 15 is 0 Å². The Morgan fingerprint density at radius 2 is 2.20 bits per heavy atom. The van der Waals surface area contributed by atoms with Crippen molar-refractivity contribution in [3.05, 3.63) is 51.7 Å². The molecule has 1 aliphatic carbocycles. The lowest BCUT2D eigenvalue weighted by Crippen LogP contribution is -2.35. The molecule has 0 aliphatic heterocycles. The van der Waals surface area contributed by atoms with E-state index in [9.17, 15) is 0 Å². The van der Waals surface area contributed by atoms with Gasteiger partial charge in [0.1, 0.15) is 0 Å². The first-order valence-electron chi connectivity index (χ1n) is 6.58. The smallest absolute Gasteiger partial charge is 0.174 e. The highest BCUT2D eigenvalue weighted by Crippen LogP contribution is 2.30. The van der Waals surface area contributed by atoms with Crippen molar-refractivity contribution < 1.29 is 0 Å². The van der Waals surface area contributed by atoms with Gasteiger partial charge in [0.25, 0.3) is 0 Å². The molecule has 0 bridgehead atoms. The average Bonchev–Trinajstić information content (AvgIpc) is 3.12. The highest BCUT2D eigenvalue weighted by molar-refractivity contribution is 7.80. The minimum atomic E-state index is 0.580. The molecule has 1 aliphatic rings. The molecule has 1 heterocycles. The predicted molar refractivity (Wildman–Crippen MR) is 90.6 cm³/mol. The Hall–Kier alpha value is -1.10. The van der Waals surface area contributed by atoms with Gasteiger partial charge in [0.15, 0.2) is 5.11 Å². The minimum absolute atomic E-state index is 0.580.